The zero-order valence-electron chi connectivity index (χ0n) is 17.6. The fourth-order valence-electron chi connectivity index (χ4n) is 3.92. The third kappa shape index (κ3) is 4.50. The second-order valence-electron chi connectivity index (χ2n) is 9.17. The van der Waals surface area contributed by atoms with Gasteiger partial charge >= 0.3 is 0 Å². The van der Waals surface area contributed by atoms with Crippen LogP contribution < -0.4 is 4.74 Å². The number of aryl methyl sites for hydroxylation is 1. The second-order valence-corrected chi connectivity index (χ2v) is 9.17. The molecule has 3 aliphatic heterocycles. The minimum atomic E-state index is -0.0931. The van der Waals surface area contributed by atoms with E-state index in [4.69, 9.17) is 18.9 Å². The average molecular weight is 395 g/mol. The summed E-state index contributed by atoms with van der Waals surface area (Å²) in [6.07, 6.45) is 2.91. The van der Waals surface area contributed by atoms with Gasteiger partial charge in [-0.15, -0.1) is 0 Å². The molecule has 3 heterocycles. The molecule has 0 N–H and O–H groups in total. The molecule has 0 aliphatic carbocycles. The summed E-state index contributed by atoms with van der Waals surface area (Å²) >= 11 is 0. The van der Waals surface area contributed by atoms with Crippen LogP contribution in [0.3, 0.4) is 0 Å². The molecule has 2 aromatic rings. The van der Waals surface area contributed by atoms with Gasteiger partial charge in [0.1, 0.15) is 18.5 Å². The molecule has 3 atom stereocenters. The Bertz CT molecular complexity index is 892. The van der Waals surface area contributed by atoms with Gasteiger partial charge < -0.3 is 18.9 Å². The van der Waals surface area contributed by atoms with Gasteiger partial charge in [0.05, 0.1) is 32.0 Å². The van der Waals surface area contributed by atoms with Gasteiger partial charge in [-0.1, -0.05) is 44.2 Å². The van der Waals surface area contributed by atoms with E-state index in [0.717, 1.165) is 38.4 Å². The quantitative estimate of drug-likeness (QED) is 0.604. The van der Waals surface area contributed by atoms with E-state index in [9.17, 15) is 0 Å². The molecule has 5 rings (SSSR count). The summed E-state index contributed by atoms with van der Waals surface area (Å²) in [6, 6.07) is 13.5. The van der Waals surface area contributed by atoms with Crippen LogP contribution in [0.25, 0.3) is 0 Å². The Hall–Kier alpha value is -1.88. The number of epoxide rings is 3. The van der Waals surface area contributed by atoms with E-state index in [1.165, 1.54) is 27.8 Å². The zero-order chi connectivity index (χ0) is 20.0. The standard InChI is InChI=1S/C25H30O4/c1-16-4-5-19(8-17(16)10-21-12-26-21)25(2,3)20-6-7-24(29-15-23-14-28-23)18(9-20)11-22-13-27-22/h4-9,21-23H,10-15H2,1-3H3. The van der Waals surface area contributed by atoms with Crippen LogP contribution in [0, 0.1) is 6.92 Å². The summed E-state index contributed by atoms with van der Waals surface area (Å²) in [5.41, 5.74) is 6.53. The monoisotopic (exact) mass is 394 g/mol. The molecule has 0 bridgehead atoms. The summed E-state index contributed by atoms with van der Waals surface area (Å²) in [5, 5.41) is 0. The van der Waals surface area contributed by atoms with Crippen molar-refractivity contribution >= 4 is 0 Å². The zero-order valence-corrected chi connectivity index (χ0v) is 17.6. The van der Waals surface area contributed by atoms with Gasteiger partial charge in [0.15, 0.2) is 0 Å². The third-order valence-corrected chi connectivity index (χ3v) is 6.38. The molecule has 3 aliphatic rings. The highest BCUT2D eigenvalue weighted by atomic mass is 16.6. The van der Waals surface area contributed by atoms with Crippen molar-refractivity contribution in [2.24, 2.45) is 0 Å². The number of ether oxygens (including phenoxy) is 4. The van der Waals surface area contributed by atoms with Gasteiger partial charge in [-0.2, -0.15) is 0 Å². The molecule has 0 amide bonds. The Morgan fingerprint density at radius 2 is 1.38 bits per heavy atom. The van der Waals surface area contributed by atoms with Crippen molar-refractivity contribution in [1.29, 1.82) is 0 Å². The van der Waals surface area contributed by atoms with E-state index in [1.54, 1.807) is 0 Å². The van der Waals surface area contributed by atoms with Crippen LogP contribution in [0.4, 0.5) is 0 Å². The molecule has 0 saturated carbocycles. The lowest BCUT2D eigenvalue weighted by atomic mass is 9.76. The van der Waals surface area contributed by atoms with Gasteiger partial charge in [-0.25, -0.2) is 0 Å². The first-order valence-corrected chi connectivity index (χ1v) is 10.7. The molecule has 154 valence electrons. The van der Waals surface area contributed by atoms with Crippen LogP contribution in [0.1, 0.15) is 41.7 Å². The van der Waals surface area contributed by atoms with Crippen molar-refractivity contribution < 1.29 is 18.9 Å². The lowest BCUT2D eigenvalue weighted by molar-refractivity contribution is 0.260. The molecule has 0 spiro atoms. The van der Waals surface area contributed by atoms with E-state index < -0.39 is 0 Å². The Balaban J connectivity index is 1.42. The van der Waals surface area contributed by atoms with Crippen LogP contribution in [-0.2, 0) is 32.5 Å². The maximum absolute atomic E-state index is 6.05. The third-order valence-electron chi connectivity index (χ3n) is 6.38. The Labute approximate surface area is 173 Å². The predicted molar refractivity (Wildman–Crippen MR) is 112 cm³/mol. The molecular formula is C25H30O4. The number of hydrogen-bond acceptors (Lipinski definition) is 4. The molecule has 3 saturated heterocycles. The Morgan fingerprint density at radius 3 is 2.00 bits per heavy atom. The second kappa shape index (κ2) is 7.42. The fraction of sp³-hybridized carbons (Fsp3) is 0.520. The molecule has 4 nitrogen and oxygen atoms in total. The van der Waals surface area contributed by atoms with Crippen molar-refractivity contribution in [2.75, 3.05) is 26.4 Å². The topological polar surface area (TPSA) is 46.8 Å². The molecule has 3 fully saturated rings. The summed E-state index contributed by atoms with van der Waals surface area (Å²) < 4.78 is 22.3. The summed E-state index contributed by atoms with van der Waals surface area (Å²) in [4.78, 5) is 0. The Kier molecular flexibility index (Phi) is 4.89. The summed E-state index contributed by atoms with van der Waals surface area (Å²) in [7, 11) is 0. The maximum Gasteiger partial charge on any atom is 0.122 e. The first kappa shape index (κ1) is 19.1. The van der Waals surface area contributed by atoms with Gasteiger partial charge in [0, 0.05) is 18.3 Å². The highest BCUT2D eigenvalue weighted by Gasteiger charge is 2.30. The minimum absolute atomic E-state index is 0.0931. The molecule has 0 aromatic heterocycles. The average Bonchev–Trinajstić information content (AvgIpc) is 3.51. The van der Waals surface area contributed by atoms with Crippen LogP contribution in [0.2, 0.25) is 0 Å². The first-order valence-electron chi connectivity index (χ1n) is 10.7. The van der Waals surface area contributed by atoms with Crippen LogP contribution in [0.5, 0.6) is 5.75 Å². The Morgan fingerprint density at radius 1 is 0.828 bits per heavy atom. The number of hydrogen-bond donors (Lipinski definition) is 0. The van der Waals surface area contributed by atoms with Crippen molar-refractivity contribution in [3.05, 3.63) is 64.2 Å². The van der Waals surface area contributed by atoms with Gasteiger partial charge in [0.2, 0.25) is 0 Å². The highest BCUT2D eigenvalue weighted by molar-refractivity contribution is 5.46. The highest BCUT2D eigenvalue weighted by Crippen LogP contribution is 2.36. The largest absolute Gasteiger partial charge is 0.491 e. The van der Waals surface area contributed by atoms with E-state index in [0.29, 0.717) is 18.8 Å². The number of benzene rings is 2. The van der Waals surface area contributed by atoms with Crippen molar-refractivity contribution in [3.8, 4) is 5.75 Å². The van der Waals surface area contributed by atoms with E-state index in [-0.39, 0.29) is 11.5 Å². The molecule has 3 unspecified atom stereocenters. The van der Waals surface area contributed by atoms with Crippen LogP contribution >= 0.6 is 0 Å². The summed E-state index contributed by atoms with van der Waals surface area (Å²) in [6.45, 7) is 9.99. The SMILES string of the molecule is Cc1ccc(C(C)(C)c2ccc(OCC3CO3)c(CC3CO3)c2)cc1CC1CO1. The molecular weight excluding hydrogens is 364 g/mol. The van der Waals surface area contributed by atoms with E-state index in [1.807, 2.05) is 0 Å². The normalized spacial score (nSPS) is 25.0. The molecule has 0 radical (unpaired) electrons. The van der Waals surface area contributed by atoms with Gasteiger partial charge in [0.25, 0.3) is 0 Å². The lowest BCUT2D eigenvalue weighted by Crippen LogP contribution is -2.20. The van der Waals surface area contributed by atoms with Gasteiger partial charge in [-0.3, -0.25) is 0 Å². The minimum Gasteiger partial charge on any atom is -0.491 e. The molecule has 29 heavy (non-hydrogen) atoms. The van der Waals surface area contributed by atoms with Crippen LogP contribution in [0.15, 0.2) is 36.4 Å². The van der Waals surface area contributed by atoms with Gasteiger partial charge in [-0.05, 0) is 40.8 Å². The van der Waals surface area contributed by atoms with Crippen molar-refractivity contribution in [2.45, 2.75) is 57.3 Å². The summed E-state index contributed by atoms with van der Waals surface area (Å²) in [5.74, 6) is 0.964. The smallest absolute Gasteiger partial charge is 0.122 e. The molecule has 2 aromatic carbocycles. The van der Waals surface area contributed by atoms with E-state index >= 15 is 0 Å². The lowest BCUT2D eigenvalue weighted by Gasteiger charge is -2.28. The van der Waals surface area contributed by atoms with E-state index in [2.05, 4.69) is 57.2 Å². The molecule has 4 heteroatoms. The fourth-order valence-corrected chi connectivity index (χ4v) is 3.92. The maximum atomic E-state index is 6.05. The predicted octanol–water partition coefficient (Wildman–Crippen LogP) is 3.98. The first-order chi connectivity index (χ1) is 14.0. The van der Waals surface area contributed by atoms with Crippen molar-refractivity contribution in [1.82, 2.24) is 0 Å². The van der Waals surface area contributed by atoms with Crippen molar-refractivity contribution in [3.63, 3.8) is 0 Å². The number of rotatable bonds is 9. The van der Waals surface area contributed by atoms with Crippen LogP contribution in [-0.4, -0.2) is 44.7 Å².